The molecular formula is C15H13F2N3OS. The molecule has 114 valence electrons. The Bertz CT molecular complexity index is 705. The van der Waals surface area contributed by atoms with Gasteiger partial charge in [-0.2, -0.15) is 5.10 Å². The van der Waals surface area contributed by atoms with Gasteiger partial charge in [-0.05, 0) is 17.7 Å². The number of phenolic OH excluding ortho intramolecular Hbond substituents is 1. The minimum Gasteiger partial charge on any atom is -0.505 e. The Morgan fingerprint density at radius 2 is 1.91 bits per heavy atom. The van der Waals surface area contributed by atoms with Crippen LogP contribution in [0.2, 0.25) is 0 Å². The van der Waals surface area contributed by atoms with Gasteiger partial charge in [0.25, 0.3) is 0 Å². The van der Waals surface area contributed by atoms with Gasteiger partial charge in [0.05, 0.1) is 11.8 Å². The molecule has 0 aromatic heterocycles. The van der Waals surface area contributed by atoms with Crippen LogP contribution < -0.4 is 5.73 Å². The first kappa shape index (κ1) is 16.0. The summed E-state index contributed by atoms with van der Waals surface area (Å²) in [6.07, 6.45) is 0.875. The van der Waals surface area contributed by atoms with Crippen molar-refractivity contribution >= 4 is 23.1 Å². The Morgan fingerprint density at radius 1 is 1.18 bits per heavy atom. The van der Waals surface area contributed by atoms with Crippen LogP contribution in [0.5, 0.6) is 5.75 Å². The van der Waals surface area contributed by atoms with Crippen molar-refractivity contribution in [2.45, 2.75) is 5.75 Å². The highest BCUT2D eigenvalue weighted by Crippen LogP contribution is 2.20. The fourth-order valence-electron chi connectivity index (χ4n) is 1.58. The maximum absolute atomic E-state index is 13.5. The van der Waals surface area contributed by atoms with Gasteiger partial charge in [0.1, 0.15) is 5.82 Å². The van der Waals surface area contributed by atoms with E-state index in [4.69, 9.17) is 5.73 Å². The number of thioether (sulfide) groups is 1. The van der Waals surface area contributed by atoms with E-state index in [1.54, 1.807) is 0 Å². The summed E-state index contributed by atoms with van der Waals surface area (Å²) in [7, 11) is 0. The minimum absolute atomic E-state index is 0.168. The van der Waals surface area contributed by atoms with Crippen LogP contribution in [0.25, 0.3) is 0 Å². The summed E-state index contributed by atoms with van der Waals surface area (Å²) in [5.41, 5.74) is 6.26. The third kappa shape index (κ3) is 4.29. The van der Waals surface area contributed by atoms with Crippen molar-refractivity contribution in [3.63, 3.8) is 0 Å². The lowest BCUT2D eigenvalue weighted by Crippen LogP contribution is -2.06. The molecule has 3 N–H and O–H groups in total. The Balaban J connectivity index is 2.00. The molecule has 0 amide bonds. The molecule has 0 heterocycles. The van der Waals surface area contributed by atoms with Crippen LogP contribution >= 0.6 is 11.8 Å². The number of amidine groups is 1. The van der Waals surface area contributed by atoms with Crippen molar-refractivity contribution < 1.29 is 13.9 Å². The Hall–Kier alpha value is -2.41. The highest BCUT2D eigenvalue weighted by Gasteiger charge is 2.10. The fourth-order valence-corrected chi connectivity index (χ4v) is 2.19. The lowest BCUT2D eigenvalue weighted by molar-refractivity contribution is 0.427. The van der Waals surface area contributed by atoms with Gasteiger partial charge in [-0.1, -0.05) is 42.1 Å². The number of hydrogen-bond donors (Lipinski definition) is 2. The van der Waals surface area contributed by atoms with Gasteiger partial charge in [0, 0.05) is 5.75 Å². The zero-order chi connectivity index (χ0) is 15.9. The van der Waals surface area contributed by atoms with Gasteiger partial charge in [-0.25, -0.2) is 8.78 Å². The third-order valence-electron chi connectivity index (χ3n) is 2.68. The van der Waals surface area contributed by atoms with E-state index in [9.17, 15) is 13.9 Å². The van der Waals surface area contributed by atoms with E-state index < -0.39 is 22.9 Å². The molecule has 0 fully saturated rings. The second-order valence-corrected chi connectivity index (χ2v) is 5.25. The van der Waals surface area contributed by atoms with E-state index in [0.717, 1.165) is 23.9 Å². The fraction of sp³-hybridized carbons (Fsp3) is 0.0667. The maximum atomic E-state index is 13.5. The first-order valence-corrected chi connectivity index (χ1v) is 7.26. The van der Waals surface area contributed by atoms with Crippen LogP contribution in [0.1, 0.15) is 11.1 Å². The lowest BCUT2D eigenvalue weighted by atomic mass is 10.2. The number of aromatic hydroxyl groups is 1. The van der Waals surface area contributed by atoms with E-state index in [0.29, 0.717) is 5.75 Å². The monoisotopic (exact) mass is 321 g/mol. The van der Waals surface area contributed by atoms with E-state index >= 15 is 0 Å². The summed E-state index contributed by atoms with van der Waals surface area (Å²) in [4.78, 5) is 0. The summed E-state index contributed by atoms with van der Waals surface area (Å²) >= 11 is 1.25. The number of nitrogens with zero attached hydrogens (tertiary/aromatic N) is 2. The summed E-state index contributed by atoms with van der Waals surface area (Å²) in [6.45, 7) is 0. The molecule has 0 aliphatic carbocycles. The summed E-state index contributed by atoms with van der Waals surface area (Å²) in [5.74, 6) is -1.97. The Kier molecular flexibility index (Phi) is 5.48. The standard InChI is InChI=1S/C15H13F2N3OS/c16-12-6-7-13(21)14(17)11(12)8-19-20-15(18)22-9-10-4-2-1-3-5-10/h1-8,21H,9H2,(H2,18,20). The first-order valence-electron chi connectivity index (χ1n) is 6.28. The van der Waals surface area contributed by atoms with E-state index in [2.05, 4.69) is 10.2 Å². The van der Waals surface area contributed by atoms with Crippen molar-refractivity contribution in [3.05, 3.63) is 65.2 Å². The van der Waals surface area contributed by atoms with E-state index in [1.165, 1.54) is 11.8 Å². The Labute approximate surface area is 130 Å². The molecular weight excluding hydrogens is 308 g/mol. The highest BCUT2D eigenvalue weighted by molar-refractivity contribution is 8.13. The predicted molar refractivity (Wildman–Crippen MR) is 85.0 cm³/mol. The van der Waals surface area contributed by atoms with Gasteiger partial charge >= 0.3 is 0 Å². The number of hydrogen-bond acceptors (Lipinski definition) is 4. The molecule has 0 aliphatic heterocycles. The molecule has 2 aromatic carbocycles. The largest absolute Gasteiger partial charge is 0.505 e. The van der Waals surface area contributed by atoms with Gasteiger partial charge in [0.2, 0.25) is 0 Å². The number of rotatable bonds is 4. The number of nitrogens with two attached hydrogens (primary N) is 1. The molecule has 0 bridgehead atoms. The van der Waals surface area contributed by atoms with E-state index in [-0.39, 0.29) is 5.17 Å². The van der Waals surface area contributed by atoms with Crippen LogP contribution in [0, 0.1) is 11.6 Å². The topological polar surface area (TPSA) is 71.0 Å². The number of phenols is 1. The number of halogens is 2. The molecule has 0 atom stereocenters. The van der Waals surface area contributed by atoms with Crippen molar-refractivity contribution in [1.29, 1.82) is 0 Å². The molecule has 0 saturated heterocycles. The Morgan fingerprint density at radius 3 is 2.64 bits per heavy atom. The lowest BCUT2D eigenvalue weighted by Gasteiger charge is -2.00. The van der Waals surface area contributed by atoms with Crippen molar-refractivity contribution in [2.24, 2.45) is 15.9 Å². The maximum Gasteiger partial charge on any atom is 0.180 e. The van der Waals surface area contributed by atoms with Gasteiger partial charge in [-0.3, -0.25) is 0 Å². The van der Waals surface area contributed by atoms with Crippen LogP contribution in [-0.4, -0.2) is 16.5 Å². The third-order valence-corrected chi connectivity index (χ3v) is 3.53. The molecule has 4 nitrogen and oxygen atoms in total. The highest BCUT2D eigenvalue weighted by atomic mass is 32.2. The SMILES string of the molecule is NC(=NN=Cc1c(F)ccc(O)c1F)SCc1ccccc1. The van der Waals surface area contributed by atoms with Gasteiger partial charge < -0.3 is 10.8 Å². The van der Waals surface area contributed by atoms with Crippen LogP contribution in [0.4, 0.5) is 8.78 Å². The summed E-state index contributed by atoms with van der Waals surface area (Å²) < 4.78 is 26.9. The van der Waals surface area contributed by atoms with Gasteiger partial charge in [0.15, 0.2) is 16.7 Å². The molecule has 22 heavy (non-hydrogen) atoms. The van der Waals surface area contributed by atoms with Crippen LogP contribution in [-0.2, 0) is 5.75 Å². The predicted octanol–water partition coefficient (Wildman–Crippen LogP) is 3.25. The summed E-state index contributed by atoms with van der Waals surface area (Å²) in [5, 5.41) is 16.5. The summed E-state index contributed by atoms with van der Waals surface area (Å²) in [6, 6.07) is 11.5. The number of benzene rings is 2. The molecule has 2 aromatic rings. The molecule has 0 saturated carbocycles. The second-order valence-electron chi connectivity index (χ2n) is 4.25. The zero-order valence-corrected chi connectivity index (χ0v) is 12.2. The quantitative estimate of drug-likeness (QED) is 0.516. The van der Waals surface area contributed by atoms with Crippen LogP contribution in [0.15, 0.2) is 52.7 Å². The average molecular weight is 321 g/mol. The van der Waals surface area contributed by atoms with Crippen molar-refractivity contribution in [3.8, 4) is 5.75 Å². The zero-order valence-electron chi connectivity index (χ0n) is 11.4. The average Bonchev–Trinajstić information content (AvgIpc) is 2.53. The van der Waals surface area contributed by atoms with E-state index in [1.807, 2.05) is 30.3 Å². The molecule has 7 heteroatoms. The minimum atomic E-state index is -1.09. The van der Waals surface area contributed by atoms with Crippen molar-refractivity contribution in [2.75, 3.05) is 0 Å². The molecule has 0 spiro atoms. The van der Waals surface area contributed by atoms with Crippen LogP contribution in [0.3, 0.4) is 0 Å². The molecule has 0 unspecified atom stereocenters. The first-order chi connectivity index (χ1) is 10.6. The second kappa shape index (κ2) is 7.56. The van der Waals surface area contributed by atoms with Crippen molar-refractivity contribution in [1.82, 2.24) is 0 Å². The molecule has 2 rings (SSSR count). The normalized spacial score (nSPS) is 12.0. The molecule has 0 aliphatic rings. The molecule has 0 radical (unpaired) electrons. The van der Waals surface area contributed by atoms with Gasteiger partial charge in [-0.15, -0.1) is 5.10 Å². The smallest absolute Gasteiger partial charge is 0.180 e.